The summed E-state index contributed by atoms with van der Waals surface area (Å²) < 4.78 is 6.84. The molecule has 2 bridgehead atoms. The second-order valence-electron chi connectivity index (χ2n) is 10.7. The summed E-state index contributed by atoms with van der Waals surface area (Å²) >= 11 is 0. The molecular weight excluding hydrogens is 502 g/mol. The molecule has 8 rings (SSSR count). The van der Waals surface area contributed by atoms with E-state index in [2.05, 4.69) is 29.4 Å². The highest BCUT2D eigenvalue weighted by molar-refractivity contribution is 6.08. The second kappa shape index (κ2) is 8.88. The summed E-state index contributed by atoms with van der Waals surface area (Å²) in [5, 5.41) is 5.60. The molecule has 3 aliphatic carbocycles. The highest BCUT2D eigenvalue weighted by Gasteiger charge is 2.61. The summed E-state index contributed by atoms with van der Waals surface area (Å²) in [4.78, 5) is 39.5. The molecule has 1 aliphatic heterocycles. The zero-order chi connectivity index (χ0) is 27.7. The number of hydrazone groups is 1. The minimum absolute atomic E-state index is 0.155. The first kappa shape index (κ1) is 24.3. The number of aryl methyl sites for hydroxylation is 1. The van der Waals surface area contributed by atoms with Crippen LogP contribution < -0.4 is 0 Å². The van der Waals surface area contributed by atoms with Gasteiger partial charge in [-0.15, -0.1) is 0 Å². The van der Waals surface area contributed by atoms with Crippen molar-refractivity contribution in [2.24, 2.45) is 16.9 Å². The van der Waals surface area contributed by atoms with Crippen molar-refractivity contribution in [3.05, 3.63) is 124 Å². The van der Waals surface area contributed by atoms with E-state index in [4.69, 9.17) is 4.74 Å². The van der Waals surface area contributed by atoms with Gasteiger partial charge in [0.25, 0.3) is 11.8 Å². The Morgan fingerprint density at radius 2 is 1.30 bits per heavy atom. The molecule has 2 heterocycles. The van der Waals surface area contributed by atoms with E-state index in [1.807, 2.05) is 60.9 Å². The number of rotatable bonds is 4. The van der Waals surface area contributed by atoms with Crippen LogP contribution in [-0.4, -0.2) is 40.7 Å². The predicted molar refractivity (Wildman–Crippen MR) is 150 cm³/mol. The molecule has 0 N–H and O–H groups in total. The van der Waals surface area contributed by atoms with Crippen LogP contribution in [0.15, 0.2) is 84.0 Å². The fourth-order valence-corrected chi connectivity index (χ4v) is 7.08. The fourth-order valence-electron chi connectivity index (χ4n) is 7.08. The van der Waals surface area contributed by atoms with Gasteiger partial charge in [-0.05, 0) is 66.4 Å². The number of imide groups is 1. The quantitative estimate of drug-likeness (QED) is 0.209. The Kier molecular flexibility index (Phi) is 5.39. The Morgan fingerprint density at radius 1 is 0.800 bits per heavy atom. The van der Waals surface area contributed by atoms with Gasteiger partial charge in [-0.2, -0.15) is 10.1 Å². The number of amides is 2. The molecule has 2 atom stereocenters. The molecular formula is C33H27N3O4. The fraction of sp³-hybridized carbons (Fsp3) is 0.212. The number of hydrogen-bond donors (Lipinski definition) is 0. The van der Waals surface area contributed by atoms with Crippen LogP contribution in [0.25, 0.3) is 5.69 Å². The van der Waals surface area contributed by atoms with Crippen molar-refractivity contribution in [3.63, 3.8) is 0 Å². The Morgan fingerprint density at radius 3 is 1.77 bits per heavy atom. The molecule has 1 fully saturated rings. The van der Waals surface area contributed by atoms with Crippen LogP contribution in [0.1, 0.15) is 61.4 Å². The third-order valence-corrected chi connectivity index (χ3v) is 8.75. The first-order chi connectivity index (χ1) is 19.4. The first-order valence-electron chi connectivity index (χ1n) is 13.4. The molecule has 1 saturated heterocycles. The standard InChI is InChI=1S/C33H27N3O4/c1-18-16-21(19(2)35(18)22-14-12-20(13-15-22)33(39)40-3)17-34-36-31(37)29-27-23-8-4-5-9-24(23)28(30(29)32(36)38)26-11-7-6-10-25(26)27/h4-17,27-30H,1-3H3/b34-17-/t27?,28?,29-,30-/m1/s1. The lowest BCUT2D eigenvalue weighted by atomic mass is 9.55. The van der Waals surface area contributed by atoms with Gasteiger partial charge in [-0.3, -0.25) is 9.59 Å². The number of carbonyl (C=O) groups is 3. The van der Waals surface area contributed by atoms with Crippen LogP contribution in [0.4, 0.5) is 0 Å². The maximum absolute atomic E-state index is 13.8. The lowest BCUT2D eigenvalue weighted by molar-refractivity contribution is -0.139. The highest BCUT2D eigenvalue weighted by Crippen LogP contribution is 2.60. The van der Waals surface area contributed by atoms with Crippen molar-refractivity contribution in [1.29, 1.82) is 0 Å². The van der Waals surface area contributed by atoms with Crippen molar-refractivity contribution in [3.8, 4) is 5.69 Å². The minimum atomic E-state index is -0.458. The van der Waals surface area contributed by atoms with Crippen LogP contribution >= 0.6 is 0 Å². The van der Waals surface area contributed by atoms with Crippen molar-refractivity contribution >= 4 is 24.0 Å². The van der Waals surface area contributed by atoms with Gasteiger partial charge < -0.3 is 9.30 Å². The molecule has 7 nitrogen and oxygen atoms in total. The van der Waals surface area contributed by atoms with Crippen LogP contribution in [-0.2, 0) is 14.3 Å². The Hall–Kier alpha value is -4.78. The molecule has 2 amide bonds. The minimum Gasteiger partial charge on any atom is -0.465 e. The van der Waals surface area contributed by atoms with Gasteiger partial charge in [0.2, 0.25) is 0 Å². The van der Waals surface area contributed by atoms with E-state index in [0.717, 1.165) is 49.9 Å². The van der Waals surface area contributed by atoms with Crippen LogP contribution in [0.5, 0.6) is 0 Å². The van der Waals surface area contributed by atoms with Crippen LogP contribution in [0.2, 0.25) is 0 Å². The zero-order valence-electron chi connectivity index (χ0n) is 22.4. The van der Waals surface area contributed by atoms with Crippen molar-refractivity contribution in [1.82, 2.24) is 9.58 Å². The van der Waals surface area contributed by atoms with Gasteiger partial charge in [0.15, 0.2) is 0 Å². The lowest BCUT2D eigenvalue weighted by Gasteiger charge is -2.45. The third-order valence-electron chi connectivity index (χ3n) is 8.75. The maximum atomic E-state index is 13.8. The lowest BCUT2D eigenvalue weighted by Crippen LogP contribution is -2.41. The van der Waals surface area contributed by atoms with E-state index in [0.29, 0.717) is 5.56 Å². The molecule has 1 aromatic heterocycles. The molecule has 0 unspecified atom stereocenters. The van der Waals surface area contributed by atoms with Crippen molar-refractivity contribution in [2.45, 2.75) is 25.7 Å². The van der Waals surface area contributed by atoms with E-state index >= 15 is 0 Å². The molecule has 40 heavy (non-hydrogen) atoms. The van der Waals surface area contributed by atoms with Crippen molar-refractivity contribution in [2.75, 3.05) is 7.11 Å². The van der Waals surface area contributed by atoms with E-state index < -0.39 is 11.8 Å². The topological polar surface area (TPSA) is 81.0 Å². The van der Waals surface area contributed by atoms with Crippen LogP contribution in [0.3, 0.4) is 0 Å². The van der Waals surface area contributed by atoms with Gasteiger partial charge in [-0.25, -0.2) is 4.79 Å². The number of esters is 1. The molecule has 4 aliphatic rings. The number of aromatic nitrogens is 1. The third kappa shape index (κ3) is 3.30. The Bertz CT molecular complexity index is 1630. The summed E-state index contributed by atoms with van der Waals surface area (Å²) in [6.07, 6.45) is 1.61. The predicted octanol–water partition coefficient (Wildman–Crippen LogP) is 5.11. The highest BCUT2D eigenvalue weighted by atomic mass is 16.5. The van der Waals surface area contributed by atoms with E-state index in [1.54, 1.807) is 18.3 Å². The number of carbonyl (C=O) groups excluding carboxylic acids is 3. The number of nitrogens with zero attached hydrogens (tertiary/aromatic N) is 3. The first-order valence-corrected chi connectivity index (χ1v) is 13.4. The van der Waals surface area contributed by atoms with E-state index in [-0.39, 0.29) is 29.6 Å². The second-order valence-corrected chi connectivity index (χ2v) is 10.7. The SMILES string of the molecule is COC(=O)c1ccc(-n2c(C)cc(/C=N\N3C(=O)[C@@H]4C5c6ccccc6C(c6ccccc65)[C@H]4C3=O)c2C)cc1. The maximum Gasteiger partial charge on any atom is 0.337 e. The molecule has 3 aromatic carbocycles. The molecule has 0 radical (unpaired) electrons. The molecule has 0 saturated carbocycles. The van der Waals surface area contributed by atoms with Crippen molar-refractivity contribution < 1.29 is 19.1 Å². The molecule has 4 aromatic rings. The van der Waals surface area contributed by atoms with Gasteiger partial charge in [-0.1, -0.05) is 48.5 Å². The van der Waals surface area contributed by atoms with Gasteiger partial charge in [0, 0.05) is 34.5 Å². The Balaban J connectivity index is 1.22. The number of hydrogen-bond acceptors (Lipinski definition) is 5. The summed E-state index contributed by atoms with van der Waals surface area (Å²) in [6.45, 7) is 3.94. The average molecular weight is 530 g/mol. The van der Waals surface area contributed by atoms with Gasteiger partial charge in [0.1, 0.15) is 0 Å². The zero-order valence-corrected chi connectivity index (χ0v) is 22.4. The smallest absolute Gasteiger partial charge is 0.337 e. The molecule has 198 valence electrons. The summed E-state index contributed by atoms with van der Waals surface area (Å²) in [5.74, 6) is -2.09. The van der Waals surface area contributed by atoms with Gasteiger partial charge >= 0.3 is 5.97 Å². The molecule has 0 spiro atoms. The number of ether oxygens (including phenoxy) is 1. The summed E-state index contributed by atoms with van der Waals surface area (Å²) in [6, 6.07) is 25.5. The number of benzene rings is 3. The van der Waals surface area contributed by atoms with Gasteiger partial charge in [0.05, 0.1) is 30.7 Å². The number of methoxy groups -OCH3 is 1. The normalized spacial score (nSPS) is 22.4. The largest absolute Gasteiger partial charge is 0.465 e. The molecule has 7 heteroatoms. The van der Waals surface area contributed by atoms with E-state index in [1.165, 1.54) is 7.11 Å². The monoisotopic (exact) mass is 529 g/mol. The summed E-state index contributed by atoms with van der Waals surface area (Å²) in [7, 11) is 1.36. The average Bonchev–Trinajstić information content (AvgIpc) is 3.42. The van der Waals surface area contributed by atoms with E-state index in [9.17, 15) is 14.4 Å². The summed E-state index contributed by atoms with van der Waals surface area (Å²) in [5.41, 5.74) is 8.59. The Labute approximate surface area is 231 Å². The van der Waals surface area contributed by atoms with Crippen LogP contribution in [0, 0.1) is 25.7 Å².